The Bertz CT molecular complexity index is 622. The summed E-state index contributed by atoms with van der Waals surface area (Å²) in [6, 6.07) is 15.3. The number of hydrazone groups is 1. The number of amides is 1. The Morgan fingerprint density at radius 2 is 2.11 bits per heavy atom. The molecule has 0 spiro atoms. The number of nitriles is 1. The highest BCUT2D eigenvalue weighted by atomic mass is 16.2. The summed E-state index contributed by atoms with van der Waals surface area (Å²) in [5.74, 6) is -0.420. The monoisotopic (exact) mass is 252 g/mol. The van der Waals surface area contributed by atoms with Crippen molar-refractivity contribution < 1.29 is 4.79 Å². The van der Waals surface area contributed by atoms with E-state index in [0.29, 0.717) is 0 Å². The topological polar surface area (TPSA) is 70.2 Å². The summed E-state index contributed by atoms with van der Waals surface area (Å²) in [6.07, 6.45) is 3.26. The minimum atomic E-state index is -0.420. The molecule has 2 rings (SSSR count). The molecule has 0 atom stereocenters. The van der Waals surface area contributed by atoms with Crippen molar-refractivity contribution in [2.75, 3.05) is 0 Å². The molecule has 0 fully saturated rings. The average Bonchev–Trinajstić information content (AvgIpc) is 2.88. The van der Waals surface area contributed by atoms with Gasteiger partial charge < -0.3 is 4.57 Å². The van der Waals surface area contributed by atoms with Gasteiger partial charge in [-0.25, -0.2) is 5.43 Å². The maximum atomic E-state index is 11.1. The number of rotatable bonds is 4. The predicted octanol–water partition coefficient (Wildman–Crippen LogP) is 1.84. The maximum absolute atomic E-state index is 11.1. The molecule has 5 heteroatoms. The molecular formula is C14H12N4O. The van der Waals surface area contributed by atoms with E-state index in [2.05, 4.69) is 10.5 Å². The lowest BCUT2D eigenvalue weighted by molar-refractivity contribution is -0.120. The molecule has 0 unspecified atom stereocenters. The molecule has 0 saturated carbocycles. The Morgan fingerprint density at radius 1 is 1.32 bits per heavy atom. The second kappa shape index (κ2) is 6.17. The van der Waals surface area contributed by atoms with Crippen LogP contribution in [0.1, 0.15) is 12.1 Å². The number of carbonyl (C=O) groups excluding carboxylic acids is 1. The summed E-state index contributed by atoms with van der Waals surface area (Å²) >= 11 is 0. The van der Waals surface area contributed by atoms with Gasteiger partial charge in [0.05, 0.1) is 18.0 Å². The third-order valence-corrected chi connectivity index (χ3v) is 2.44. The molecule has 0 bridgehead atoms. The van der Waals surface area contributed by atoms with Crippen molar-refractivity contribution in [1.29, 1.82) is 5.26 Å². The van der Waals surface area contributed by atoms with Crippen LogP contribution in [0.25, 0.3) is 5.69 Å². The van der Waals surface area contributed by atoms with E-state index < -0.39 is 5.91 Å². The fraction of sp³-hybridized carbons (Fsp3) is 0.0714. The largest absolute Gasteiger partial charge is 0.316 e. The quantitative estimate of drug-likeness (QED) is 0.666. The van der Waals surface area contributed by atoms with Crippen LogP contribution in [0.3, 0.4) is 0 Å². The second-order valence-corrected chi connectivity index (χ2v) is 3.77. The number of aromatic nitrogens is 1. The van der Waals surface area contributed by atoms with Crippen LogP contribution in [0.5, 0.6) is 0 Å². The highest BCUT2D eigenvalue weighted by molar-refractivity contribution is 5.82. The average molecular weight is 252 g/mol. The zero-order valence-electron chi connectivity index (χ0n) is 10.2. The fourth-order valence-corrected chi connectivity index (χ4v) is 1.60. The van der Waals surface area contributed by atoms with E-state index >= 15 is 0 Å². The van der Waals surface area contributed by atoms with E-state index in [4.69, 9.17) is 5.26 Å². The molecule has 1 heterocycles. The van der Waals surface area contributed by atoms with Gasteiger partial charge in [-0.1, -0.05) is 18.2 Å². The third kappa shape index (κ3) is 3.30. The molecule has 0 aliphatic rings. The zero-order chi connectivity index (χ0) is 13.5. The Kier molecular flexibility index (Phi) is 4.09. The third-order valence-electron chi connectivity index (χ3n) is 2.44. The van der Waals surface area contributed by atoms with Crippen LogP contribution in [0.2, 0.25) is 0 Å². The van der Waals surface area contributed by atoms with Crippen LogP contribution in [-0.2, 0) is 4.79 Å². The van der Waals surface area contributed by atoms with Gasteiger partial charge in [-0.05, 0) is 24.3 Å². The molecule has 19 heavy (non-hydrogen) atoms. The number of nitrogens with zero attached hydrogens (tertiary/aromatic N) is 3. The van der Waals surface area contributed by atoms with Gasteiger partial charge in [0.15, 0.2) is 0 Å². The van der Waals surface area contributed by atoms with Gasteiger partial charge in [-0.15, -0.1) is 0 Å². The van der Waals surface area contributed by atoms with Gasteiger partial charge in [0.2, 0.25) is 0 Å². The first-order valence-electron chi connectivity index (χ1n) is 5.73. The molecule has 2 aromatic rings. The van der Waals surface area contributed by atoms with Crippen LogP contribution in [0.15, 0.2) is 53.8 Å². The van der Waals surface area contributed by atoms with Crippen molar-refractivity contribution in [3.05, 3.63) is 54.4 Å². The van der Waals surface area contributed by atoms with E-state index in [-0.39, 0.29) is 6.42 Å². The zero-order valence-corrected chi connectivity index (χ0v) is 10.2. The Morgan fingerprint density at radius 3 is 2.84 bits per heavy atom. The van der Waals surface area contributed by atoms with Gasteiger partial charge >= 0.3 is 0 Å². The van der Waals surface area contributed by atoms with Crippen LogP contribution in [0.4, 0.5) is 0 Å². The number of para-hydroxylation sites is 1. The van der Waals surface area contributed by atoms with Gasteiger partial charge in [0.1, 0.15) is 6.42 Å². The first kappa shape index (κ1) is 12.6. The van der Waals surface area contributed by atoms with Crippen LogP contribution < -0.4 is 5.43 Å². The second-order valence-electron chi connectivity index (χ2n) is 3.77. The maximum Gasteiger partial charge on any atom is 0.254 e. The van der Waals surface area contributed by atoms with Crippen molar-refractivity contribution in [3.8, 4) is 11.8 Å². The summed E-state index contributed by atoms with van der Waals surface area (Å²) < 4.78 is 1.94. The fourth-order valence-electron chi connectivity index (χ4n) is 1.60. The summed E-state index contributed by atoms with van der Waals surface area (Å²) in [7, 11) is 0. The lowest BCUT2D eigenvalue weighted by Gasteiger charge is -2.05. The van der Waals surface area contributed by atoms with Gasteiger partial charge in [0.25, 0.3) is 5.91 Å². The van der Waals surface area contributed by atoms with E-state index in [1.54, 1.807) is 12.3 Å². The minimum absolute atomic E-state index is 0.197. The van der Waals surface area contributed by atoms with Crippen molar-refractivity contribution in [2.45, 2.75) is 6.42 Å². The van der Waals surface area contributed by atoms with E-state index in [0.717, 1.165) is 11.4 Å². The van der Waals surface area contributed by atoms with Crippen molar-refractivity contribution >= 4 is 12.1 Å². The lowest BCUT2D eigenvalue weighted by Crippen LogP contribution is -2.16. The van der Waals surface area contributed by atoms with E-state index in [9.17, 15) is 4.79 Å². The standard InChI is InChI=1S/C14H12N4O/c15-9-8-14(19)17-16-11-13-7-4-10-18(13)12-5-2-1-3-6-12/h1-7,10-11H,8H2,(H,17,19)/b16-11-. The molecule has 0 aliphatic carbocycles. The highest BCUT2D eigenvalue weighted by Crippen LogP contribution is 2.10. The summed E-state index contributed by atoms with van der Waals surface area (Å²) in [4.78, 5) is 11.1. The smallest absolute Gasteiger partial charge is 0.254 e. The number of hydrogen-bond donors (Lipinski definition) is 1. The van der Waals surface area contributed by atoms with E-state index in [1.807, 2.05) is 53.2 Å². The molecule has 1 aromatic carbocycles. The summed E-state index contributed by atoms with van der Waals surface area (Å²) in [5, 5.41) is 12.2. The predicted molar refractivity (Wildman–Crippen MR) is 71.7 cm³/mol. The number of benzene rings is 1. The van der Waals surface area contributed by atoms with Gasteiger partial charge in [-0.2, -0.15) is 10.4 Å². The Hall–Kier alpha value is -2.87. The molecule has 0 radical (unpaired) electrons. The molecular weight excluding hydrogens is 240 g/mol. The first-order valence-corrected chi connectivity index (χ1v) is 5.73. The van der Waals surface area contributed by atoms with E-state index in [1.165, 1.54) is 0 Å². The minimum Gasteiger partial charge on any atom is -0.316 e. The molecule has 1 amide bonds. The van der Waals surface area contributed by atoms with Gasteiger partial charge in [0, 0.05) is 11.9 Å². The lowest BCUT2D eigenvalue weighted by atomic mass is 10.3. The molecule has 1 aromatic heterocycles. The van der Waals surface area contributed by atoms with Crippen LogP contribution >= 0.6 is 0 Å². The van der Waals surface area contributed by atoms with Crippen LogP contribution in [-0.4, -0.2) is 16.7 Å². The normalized spacial score (nSPS) is 10.3. The highest BCUT2D eigenvalue weighted by Gasteiger charge is 2.00. The molecule has 5 nitrogen and oxygen atoms in total. The van der Waals surface area contributed by atoms with Crippen LogP contribution in [0, 0.1) is 11.3 Å². The van der Waals surface area contributed by atoms with Crippen molar-refractivity contribution in [2.24, 2.45) is 5.10 Å². The first-order chi connectivity index (χ1) is 9.31. The SMILES string of the molecule is N#CCC(=O)N/N=C\c1cccn1-c1ccccc1. The summed E-state index contributed by atoms with van der Waals surface area (Å²) in [5.41, 5.74) is 4.14. The molecule has 1 N–H and O–H groups in total. The summed E-state index contributed by atoms with van der Waals surface area (Å²) in [6.45, 7) is 0. The molecule has 0 aliphatic heterocycles. The number of hydrogen-bond acceptors (Lipinski definition) is 3. The number of carbonyl (C=O) groups is 1. The Balaban J connectivity index is 2.11. The number of nitrogens with one attached hydrogen (secondary N) is 1. The van der Waals surface area contributed by atoms with Crippen molar-refractivity contribution in [3.63, 3.8) is 0 Å². The van der Waals surface area contributed by atoms with Gasteiger partial charge in [-0.3, -0.25) is 4.79 Å². The molecule has 0 saturated heterocycles. The molecule has 94 valence electrons. The van der Waals surface area contributed by atoms with Crippen molar-refractivity contribution in [1.82, 2.24) is 9.99 Å². The Labute approximate surface area is 110 Å².